The van der Waals surface area contributed by atoms with E-state index in [1.165, 1.54) is 0 Å². The summed E-state index contributed by atoms with van der Waals surface area (Å²) in [6.07, 6.45) is 1.64. The summed E-state index contributed by atoms with van der Waals surface area (Å²) in [6, 6.07) is 5.40. The molecule has 0 atom stereocenters. The van der Waals surface area contributed by atoms with Gasteiger partial charge in [0.15, 0.2) is 0 Å². The number of amides is 1. The summed E-state index contributed by atoms with van der Waals surface area (Å²) in [4.78, 5) is 17.0. The van der Waals surface area contributed by atoms with Crippen LogP contribution >= 0.6 is 0 Å². The van der Waals surface area contributed by atoms with E-state index in [1.807, 2.05) is 26.2 Å². The van der Waals surface area contributed by atoms with Crippen LogP contribution in [0.5, 0.6) is 0 Å². The lowest BCUT2D eigenvalue weighted by Crippen LogP contribution is -2.27. The predicted molar refractivity (Wildman–Crippen MR) is 58.2 cm³/mol. The van der Waals surface area contributed by atoms with Gasteiger partial charge in [0.25, 0.3) is 0 Å². The smallest absolute Gasteiger partial charge is 0.239 e. The van der Waals surface area contributed by atoms with Gasteiger partial charge in [0.1, 0.15) is 5.82 Å². The Morgan fingerprint density at radius 3 is 2.71 bits per heavy atom. The van der Waals surface area contributed by atoms with Crippen LogP contribution in [-0.4, -0.2) is 36.4 Å². The van der Waals surface area contributed by atoms with Crippen molar-refractivity contribution in [3.05, 3.63) is 24.4 Å². The quantitative estimate of drug-likeness (QED) is 0.788. The van der Waals surface area contributed by atoms with Crippen molar-refractivity contribution < 1.29 is 4.79 Å². The number of likely N-dealkylation sites (N-methyl/N-ethyl adjacent to an activating group) is 1. The third kappa shape index (κ3) is 4.57. The maximum Gasteiger partial charge on any atom is 0.239 e. The first-order chi connectivity index (χ1) is 6.18. The lowest BCUT2D eigenvalue weighted by atomic mass is 10.4. The van der Waals surface area contributed by atoms with Crippen molar-refractivity contribution in [3.63, 3.8) is 0 Å². The van der Waals surface area contributed by atoms with Crippen LogP contribution in [0.25, 0.3) is 0 Å². The van der Waals surface area contributed by atoms with E-state index in [0.29, 0.717) is 12.4 Å². The molecule has 0 unspecified atom stereocenters. The number of nitrogens with zero attached hydrogens (tertiary/aromatic N) is 2. The summed E-state index contributed by atoms with van der Waals surface area (Å²) in [5.74, 6) is 0.540. The number of pyridine rings is 1. The first-order valence-electron chi connectivity index (χ1n) is 4.04. The van der Waals surface area contributed by atoms with Gasteiger partial charge in [0.2, 0.25) is 5.91 Å². The number of aromatic nitrogens is 1. The number of carbonyl (C=O) groups excluding carboxylic acids is 1. The van der Waals surface area contributed by atoms with E-state index >= 15 is 0 Å². The van der Waals surface area contributed by atoms with Gasteiger partial charge in [0, 0.05) is 6.20 Å². The first kappa shape index (κ1) is 12.6. The molecule has 1 N–H and O–H groups in total. The second-order valence-corrected chi connectivity index (χ2v) is 3.00. The van der Waals surface area contributed by atoms with Crippen molar-refractivity contribution >= 4 is 11.7 Å². The molecule has 4 nitrogen and oxygen atoms in total. The number of hydrogen-bond acceptors (Lipinski definition) is 3. The van der Waals surface area contributed by atoms with E-state index in [9.17, 15) is 4.79 Å². The Labute approximate surface area is 85.0 Å². The van der Waals surface area contributed by atoms with Crippen molar-refractivity contribution in [2.75, 3.05) is 26.0 Å². The van der Waals surface area contributed by atoms with E-state index in [2.05, 4.69) is 10.3 Å². The summed E-state index contributed by atoms with van der Waals surface area (Å²) in [7, 11) is 3.69. The molecular formula is C10H17N3O. The van der Waals surface area contributed by atoms with Crippen LogP contribution in [0.15, 0.2) is 24.4 Å². The van der Waals surface area contributed by atoms with E-state index in [0.717, 1.165) is 0 Å². The van der Waals surface area contributed by atoms with Gasteiger partial charge in [-0.25, -0.2) is 4.98 Å². The van der Waals surface area contributed by atoms with Gasteiger partial charge in [-0.15, -0.1) is 0 Å². The molecule has 1 amide bonds. The molecule has 0 saturated carbocycles. The van der Waals surface area contributed by atoms with Crippen molar-refractivity contribution in [3.8, 4) is 0 Å². The van der Waals surface area contributed by atoms with Gasteiger partial charge in [-0.2, -0.15) is 0 Å². The third-order valence-corrected chi connectivity index (χ3v) is 1.39. The molecule has 4 heteroatoms. The number of nitrogens with one attached hydrogen (secondary N) is 1. The monoisotopic (exact) mass is 195 g/mol. The highest BCUT2D eigenvalue weighted by molar-refractivity contribution is 5.91. The molecule has 0 bridgehead atoms. The zero-order valence-corrected chi connectivity index (χ0v) is 7.82. The van der Waals surface area contributed by atoms with Crippen molar-refractivity contribution in [1.29, 1.82) is 0 Å². The van der Waals surface area contributed by atoms with E-state index in [-0.39, 0.29) is 13.3 Å². The predicted octanol–water partition coefficient (Wildman–Crippen LogP) is 1.22. The average molecular weight is 195 g/mol. The van der Waals surface area contributed by atoms with Crippen LogP contribution in [0.3, 0.4) is 0 Å². The first-order valence-corrected chi connectivity index (χ1v) is 4.04. The second-order valence-electron chi connectivity index (χ2n) is 3.00. The standard InChI is InChI=1S/C9H13N3O.CH4/c1-12(2)7-9(13)11-8-5-3-4-6-10-8;/h3-6H,7H2,1-2H3,(H,10,11,13);1H4. The van der Waals surface area contributed by atoms with E-state index < -0.39 is 0 Å². The molecule has 1 aromatic rings. The lowest BCUT2D eigenvalue weighted by molar-refractivity contribution is -0.116. The fraction of sp³-hybridized carbons (Fsp3) is 0.400. The Morgan fingerprint density at radius 2 is 2.21 bits per heavy atom. The maximum absolute atomic E-state index is 11.2. The van der Waals surface area contributed by atoms with Crippen molar-refractivity contribution in [1.82, 2.24) is 9.88 Å². The molecule has 0 aliphatic heterocycles. The lowest BCUT2D eigenvalue weighted by Gasteiger charge is -2.08. The van der Waals surface area contributed by atoms with E-state index in [1.54, 1.807) is 17.2 Å². The van der Waals surface area contributed by atoms with Crippen LogP contribution in [0.4, 0.5) is 5.82 Å². The average Bonchev–Trinajstić information content (AvgIpc) is 2.04. The SMILES string of the molecule is C.CN(C)CC(=O)Nc1ccccn1. The second kappa shape index (κ2) is 6.10. The molecule has 1 aromatic heterocycles. The van der Waals surface area contributed by atoms with Crippen molar-refractivity contribution in [2.45, 2.75) is 7.43 Å². The highest BCUT2D eigenvalue weighted by Gasteiger charge is 2.02. The van der Waals surface area contributed by atoms with Gasteiger partial charge in [0.05, 0.1) is 6.54 Å². The molecule has 0 radical (unpaired) electrons. The Kier molecular flexibility index (Phi) is 5.48. The minimum absolute atomic E-state index is 0. The fourth-order valence-corrected chi connectivity index (χ4v) is 0.906. The van der Waals surface area contributed by atoms with Gasteiger partial charge < -0.3 is 10.2 Å². The molecule has 78 valence electrons. The summed E-state index contributed by atoms with van der Waals surface area (Å²) in [5.41, 5.74) is 0. The zero-order valence-electron chi connectivity index (χ0n) is 7.82. The molecule has 0 spiro atoms. The molecule has 0 fully saturated rings. The van der Waals surface area contributed by atoms with Gasteiger partial charge >= 0.3 is 0 Å². The van der Waals surface area contributed by atoms with Crippen molar-refractivity contribution in [2.24, 2.45) is 0 Å². The molecule has 14 heavy (non-hydrogen) atoms. The Balaban J connectivity index is 0.00000169. The summed E-state index contributed by atoms with van der Waals surface area (Å²) in [6.45, 7) is 0.372. The Hall–Kier alpha value is -1.42. The molecule has 1 heterocycles. The zero-order chi connectivity index (χ0) is 9.68. The van der Waals surface area contributed by atoms with Gasteiger partial charge in [-0.05, 0) is 26.2 Å². The summed E-state index contributed by atoms with van der Waals surface area (Å²) in [5, 5.41) is 2.68. The van der Waals surface area contributed by atoms with E-state index in [4.69, 9.17) is 0 Å². The summed E-state index contributed by atoms with van der Waals surface area (Å²) < 4.78 is 0. The minimum Gasteiger partial charge on any atom is -0.310 e. The molecule has 1 rings (SSSR count). The number of hydrogen-bond donors (Lipinski definition) is 1. The van der Waals surface area contributed by atoms with Crippen LogP contribution in [0.1, 0.15) is 7.43 Å². The minimum atomic E-state index is -0.0521. The number of carbonyl (C=O) groups is 1. The van der Waals surface area contributed by atoms with Crippen LogP contribution in [0.2, 0.25) is 0 Å². The van der Waals surface area contributed by atoms with Gasteiger partial charge in [-0.3, -0.25) is 4.79 Å². The third-order valence-electron chi connectivity index (χ3n) is 1.39. The molecule has 0 aromatic carbocycles. The fourth-order valence-electron chi connectivity index (χ4n) is 0.906. The Bertz CT molecular complexity index is 272. The molecule has 0 aliphatic rings. The van der Waals surface area contributed by atoms with Crippen LogP contribution < -0.4 is 5.32 Å². The Morgan fingerprint density at radius 1 is 1.50 bits per heavy atom. The van der Waals surface area contributed by atoms with Crippen LogP contribution in [0, 0.1) is 0 Å². The maximum atomic E-state index is 11.2. The highest BCUT2D eigenvalue weighted by Crippen LogP contribution is 1.98. The largest absolute Gasteiger partial charge is 0.310 e. The summed E-state index contributed by atoms with van der Waals surface area (Å²) >= 11 is 0. The molecule has 0 saturated heterocycles. The topological polar surface area (TPSA) is 45.2 Å². The molecule has 0 aliphatic carbocycles. The highest BCUT2D eigenvalue weighted by atomic mass is 16.2. The normalized spacial score (nSPS) is 9.36. The molecular weight excluding hydrogens is 178 g/mol. The van der Waals surface area contributed by atoms with Gasteiger partial charge in [-0.1, -0.05) is 13.5 Å². The number of rotatable bonds is 3. The van der Waals surface area contributed by atoms with Crippen LogP contribution in [-0.2, 0) is 4.79 Å². The number of anilines is 1.